The van der Waals surface area contributed by atoms with Crippen molar-refractivity contribution in [1.82, 2.24) is 14.8 Å². The van der Waals surface area contributed by atoms with Crippen molar-refractivity contribution in [1.29, 1.82) is 0 Å². The molecule has 1 aliphatic heterocycles. The fraction of sp³-hybridized carbons (Fsp3) is 0.360. The molecule has 0 aliphatic carbocycles. The average molecular weight is 435 g/mol. The number of fused-ring (bicyclic) bond motifs is 1. The van der Waals surface area contributed by atoms with Gasteiger partial charge in [-0.2, -0.15) is 0 Å². The normalized spacial score (nSPS) is 16.2. The number of piperidine rings is 1. The Balaban J connectivity index is 1.54. The van der Waals surface area contributed by atoms with Gasteiger partial charge in [-0.3, -0.25) is 4.79 Å². The molecule has 168 valence electrons. The van der Waals surface area contributed by atoms with E-state index >= 15 is 0 Å². The highest BCUT2D eigenvalue weighted by molar-refractivity contribution is 5.83. The molecule has 7 nitrogen and oxygen atoms in total. The van der Waals surface area contributed by atoms with Crippen LogP contribution < -0.4 is 10.5 Å². The van der Waals surface area contributed by atoms with Crippen LogP contribution in [0.5, 0.6) is 5.75 Å². The molecule has 0 bridgehead atoms. The van der Waals surface area contributed by atoms with Gasteiger partial charge in [0.25, 0.3) is 0 Å². The zero-order valence-corrected chi connectivity index (χ0v) is 18.4. The number of aromatic amines is 1. The Morgan fingerprint density at radius 2 is 2.06 bits per heavy atom. The quantitative estimate of drug-likeness (QED) is 0.596. The Kier molecular flexibility index (Phi) is 6.63. The smallest absolute Gasteiger partial charge is 0.314 e. The number of methoxy groups -OCH3 is 1. The van der Waals surface area contributed by atoms with Crippen LogP contribution in [0.2, 0.25) is 0 Å². The molecule has 0 spiro atoms. The molecule has 2 heterocycles. The summed E-state index contributed by atoms with van der Waals surface area (Å²) in [6, 6.07) is 15.5. The van der Waals surface area contributed by atoms with E-state index in [1.807, 2.05) is 47.5 Å². The van der Waals surface area contributed by atoms with Crippen LogP contribution >= 0.6 is 0 Å². The third-order valence-corrected chi connectivity index (χ3v) is 6.23. The second-order valence-electron chi connectivity index (χ2n) is 8.34. The molecule has 3 amide bonds. The standard InChI is InChI=1S/C25H30N4O3/c1-32-21-8-4-6-18(14-21)16-28(24(30)20-7-5-12-29(17-20)25(26)31)13-11-19-15-27-23-10-3-2-9-22(19)23/h2-4,6,8-10,14-15,20,27H,5,7,11-13,16-17H2,1H3,(H2,26,31). The van der Waals surface area contributed by atoms with E-state index in [4.69, 9.17) is 10.5 Å². The molecule has 0 radical (unpaired) electrons. The number of nitrogens with zero attached hydrogens (tertiary/aromatic N) is 2. The van der Waals surface area contributed by atoms with E-state index in [2.05, 4.69) is 17.1 Å². The van der Waals surface area contributed by atoms with Gasteiger partial charge < -0.3 is 25.3 Å². The monoisotopic (exact) mass is 434 g/mol. The predicted molar refractivity (Wildman–Crippen MR) is 124 cm³/mol. The van der Waals surface area contributed by atoms with Crippen LogP contribution in [0.15, 0.2) is 54.7 Å². The van der Waals surface area contributed by atoms with Crippen molar-refractivity contribution in [2.24, 2.45) is 11.7 Å². The Hall–Kier alpha value is -3.48. The molecular formula is C25H30N4O3. The lowest BCUT2D eigenvalue weighted by Gasteiger charge is -2.34. The number of benzene rings is 2. The van der Waals surface area contributed by atoms with E-state index in [-0.39, 0.29) is 11.8 Å². The maximum absolute atomic E-state index is 13.6. The maximum atomic E-state index is 13.6. The number of hydrogen-bond acceptors (Lipinski definition) is 3. The van der Waals surface area contributed by atoms with Gasteiger partial charge in [0.2, 0.25) is 5.91 Å². The van der Waals surface area contributed by atoms with Gasteiger partial charge >= 0.3 is 6.03 Å². The van der Waals surface area contributed by atoms with Gasteiger partial charge in [-0.05, 0) is 48.6 Å². The fourth-order valence-electron chi connectivity index (χ4n) is 4.49. The fourth-order valence-corrected chi connectivity index (χ4v) is 4.49. The SMILES string of the molecule is COc1cccc(CN(CCc2c[nH]c3ccccc23)C(=O)C2CCCN(C(N)=O)C2)c1. The van der Waals surface area contributed by atoms with Crippen LogP contribution in [0, 0.1) is 5.92 Å². The summed E-state index contributed by atoms with van der Waals surface area (Å²) in [7, 11) is 1.64. The molecule has 32 heavy (non-hydrogen) atoms. The lowest BCUT2D eigenvalue weighted by Crippen LogP contribution is -2.48. The average Bonchev–Trinajstić information content (AvgIpc) is 3.24. The number of primary amides is 1. The first-order valence-electron chi connectivity index (χ1n) is 11.1. The van der Waals surface area contributed by atoms with Crippen LogP contribution in [-0.2, 0) is 17.8 Å². The lowest BCUT2D eigenvalue weighted by molar-refractivity contribution is -0.137. The van der Waals surface area contributed by atoms with E-state index < -0.39 is 6.03 Å². The number of para-hydroxylation sites is 1. The Bertz CT molecular complexity index is 1090. The third-order valence-electron chi connectivity index (χ3n) is 6.23. The van der Waals surface area contributed by atoms with Gasteiger partial charge in [0.1, 0.15) is 5.75 Å². The highest BCUT2D eigenvalue weighted by Gasteiger charge is 2.30. The highest BCUT2D eigenvalue weighted by atomic mass is 16.5. The van der Waals surface area contributed by atoms with Crippen molar-refractivity contribution in [2.75, 3.05) is 26.7 Å². The molecule has 3 aromatic rings. The summed E-state index contributed by atoms with van der Waals surface area (Å²) in [4.78, 5) is 32.0. The summed E-state index contributed by atoms with van der Waals surface area (Å²) in [5, 5.41) is 1.18. The highest BCUT2D eigenvalue weighted by Crippen LogP contribution is 2.23. The minimum atomic E-state index is -0.458. The summed E-state index contributed by atoms with van der Waals surface area (Å²) in [5.41, 5.74) is 8.78. The first-order valence-corrected chi connectivity index (χ1v) is 11.1. The molecule has 1 aromatic heterocycles. The summed E-state index contributed by atoms with van der Waals surface area (Å²) in [6.07, 6.45) is 4.32. The van der Waals surface area contributed by atoms with E-state index in [0.717, 1.165) is 36.1 Å². The van der Waals surface area contributed by atoms with Gasteiger partial charge in [-0.15, -0.1) is 0 Å². The van der Waals surface area contributed by atoms with Crippen molar-refractivity contribution in [3.05, 3.63) is 65.9 Å². The minimum Gasteiger partial charge on any atom is -0.497 e. The number of nitrogens with two attached hydrogens (primary N) is 1. The molecule has 1 aliphatic rings. The zero-order valence-electron chi connectivity index (χ0n) is 18.4. The van der Waals surface area contributed by atoms with Crippen molar-refractivity contribution < 1.29 is 14.3 Å². The number of carbonyl (C=O) groups excluding carboxylic acids is 2. The summed E-state index contributed by atoms with van der Waals surface area (Å²) < 4.78 is 5.36. The van der Waals surface area contributed by atoms with E-state index in [1.165, 1.54) is 10.9 Å². The van der Waals surface area contributed by atoms with Gasteiger partial charge in [-0.25, -0.2) is 4.79 Å². The van der Waals surface area contributed by atoms with Gasteiger partial charge in [0, 0.05) is 43.3 Å². The first-order chi connectivity index (χ1) is 15.5. The minimum absolute atomic E-state index is 0.0682. The molecule has 1 fully saturated rings. The number of H-pyrrole nitrogens is 1. The number of aromatic nitrogens is 1. The number of amides is 3. The molecule has 3 N–H and O–H groups in total. The van der Waals surface area contributed by atoms with Crippen molar-refractivity contribution in [3.8, 4) is 5.75 Å². The molecular weight excluding hydrogens is 404 g/mol. The number of ether oxygens (including phenoxy) is 1. The first kappa shape index (κ1) is 21.7. The molecule has 0 saturated carbocycles. The summed E-state index contributed by atoms with van der Waals surface area (Å²) in [6.45, 7) is 2.08. The van der Waals surface area contributed by atoms with E-state index in [0.29, 0.717) is 26.2 Å². The van der Waals surface area contributed by atoms with Gasteiger partial charge in [0.15, 0.2) is 0 Å². The summed E-state index contributed by atoms with van der Waals surface area (Å²) in [5.74, 6) is 0.604. The number of likely N-dealkylation sites (tertiary alicyclic amines) is 1. The van der Waals surface area contributed by atoms with E-state index in [9.17, 15) is 9.59 Å². The number of carbonyl (C=O) groups is 2. The van der Waals surface area contributed by atoms with Crippen LogP contribution in [0.1, 0.15) is 24.0 Å². The van der Waals surface area contributed by atoms with Crippen molar-refractivity contribution >= 4 is 22.8 Å². The van der Waals surface area contributed by atoms with Crippen LogP contribution in [-0.4, -0.2) is 53.5 Å². The number of hydrogen-bond donors (Lipinski definition) is 2. The zero-order chi connectivity index (χ0) is 22.5. The van der Waals surface area contributed by atoms with Crippen molar-refractivity contribution in [2.45, 2.75) is 25.8 Å². The van der Waals surface area contributed by atoms with Crippen molar-refractivity contribution in [3.63, 3.8) is 0 Å². The second-order valence-corrected chi connectivity index (χ2v) is 8.34. The molecule has 4 rings (SSSR count). The third kappa shape index (κ3) is 4.88. The largest absolute Gasteiger partial charge is 0.497 e. The second kappa shape index (κ2) is 9.77. The number of rotatable bonds is 7. The maximum Gasteiger partial charge on any atom is 0.314 e. The van der Waals surface area contributed by atoms with Gasteiger partial charge in [-0.1, -0.05) is 30.3 Å². The van der Waals surface area contributed by atoms with Gasteiger partial charge in [0.05, 0.1) is 13.0 Å². The molecule has 2 aromatic carbocycles. The summed E-state index contributed by atoms with van der Waals surface area (Å²) >= 11 is 0. The predicted octanol–water partition coefficient (Wildman–Crippen LogP) is 3.54. The molecule has 7 heteroatoms. The molecule has 1 saturated heterocycles. The topological polar surface area (TPSA) is 91.7 Å². The van der Waals surface area contributed by atoms with Crippen LogP contribution in [0.4, 0.5) is 4.79 Å². The van der Waals surface area contributed by atoms with E-state index in [1.54, 1.807) is 12.0 Å². The van der Waals surface area contributed by atoms with Crippen LogP contribution in [0.3, 0.4) is 0 Å². The molecule has 1 unspecified atom stereocenters. The Morgan fingerprint density at radius 1 is 1.22 bits per heavy atom. The number of nitrogens with one attached hydrogen (secondary N) is 1. The van der Waals surface area contributed by atoms with Crippen LogP contribution in [0.25, 0.3) is 10.9 Å². The Labute approximate surface area is 188 Å². The number of urea groups is 1. The lowest BCUT2D eigenvalue weighted by atomic mass is 9.96. The Morgan fingerprint density at radius 3 is 2.88 bits per heavy atom. The molecule has 1 atom stereocenters.